The smallest absolute Gasteiger partial charge is 0.308 e. The number of carbonyl (C=O) groups excluding carboxylic acids is 2. The number of hydrogen-bond donors (Lipinski definition) is 0. The molecule has 0 N–H and O–H groups in total. The summed E-state index contributed by atoms with van der Waals surface area (Å²) in [6, 6.07) is 24.7. The molecule has 38 heavy (non-hydrogen) atoms. The van der Waals surface area contributed by atoms with E-state index in [1.807, 2.05) is 65.6 Å². The van der Waals surface area contributed by atoms with Gasteiger partial charge in [-0.25, -0.2) is 0 Å². The van der Waals surface area contributed by atoms with E-state index in [-0.39, 0.29) is 18.4 Å². The van der Waals surface area contributed by atoms with Crippen molar-refractivity contribution in [3.63, 3.8) is 0 Å². The third-order valence-corrected chi connectivity index (χ3v) is 8.33. The van der Waals surface area contributed by atoms with Crippen molar-refractivity contribution < 1.29 is 19.1 Å². The van der Waals surface area contributed by atoms with Crippen LogP contribution in [0.2, 0.25) is 10.0 Å². The highest BCUT2D eigenvalue weighted by atomic mass is 35.5. The second-order valence-electron chi connectivity index (χ2n) is 9.19. The van der Waals surface area contributed by atoms with E-state index in [2.05, 4.69) is 19.1 Å². The summed E-state index contributed by atoms with van der Waals surface area (Å²) in [7, 11) is 1.31. The molecule has 1 amide bonds. The van der Waals surface area contributed by atoms with Gasteiger partial charge in [0, 0.05) is 27.6 Å². The quantitative estimate of drug-likeness (QED) is 0.239. The number of amides is 1. The summed E-state index contributed by atoms with van der Waals surface area (Å²) < 4.78 is 11.3. The van der Waals surface area contributed by atoms with Crippen molar-refractivity contribution in [2.45, 2.75) is 49.8 Å². The van der Waals surface area contributed by atoms with Crippen LogP contribution in [0.3, 0.4) is 0 Å². The molecule has 1 unspecified atom stereocenters. The van der Waals surface area contributed by atoms with Crippen LogP contribution >= 0.6 is 35.0 Å². The van der Waals surface area contributed by atoms with Crippen LogP contribution in [0.25, 0.3) is 0 Å². The van der Waals surface area contributed by atoms with Gasteiger partial charge in [0.05, 0.1) is 19.6 Å². The number of halogens is 2. The van der Waals surface area contributed by atoms with Gasteiger partial charge in [-0.15, -0.1) is 0 Å². The second-order valence-corrected chi connectivity index (χ2v) is 11.1. The van der Waals surface area contributed by atoms with Crippen molar-refractivity contribution in [3.05, 3.63) is 106 Å². The lowest BCUT2D eigenvalue weighted by atomic mass is 9.89. The maximum atomic E-state index is 14.0. The number of carbonyl (C=O) groups is 2. The molecule has 0 aromatic heterocycles. The van der Waals surface area contributed by atoms with Gasteiger partial charge < -0.3 is 14.4 Å². The third kappa shape index (κ3) is 6.92. The summed E-state index contributed by atoms with van der Waals surface area (Å²) in [6.45, 7) is 2.08. The van der Waals surface area contributed by atoms with E-state index >= 15 is 0 Å². The molecule has 0 saturated carbocycles. The molecule has 4 rings (SSSR count). The molecular formula is C30H31Cl2NO4S. The van der Waals surface area contributed by atoms with Crippen molar-refractivity contribution in [2.75, 3.05) is 12.9 Å². The fraction of sp³-hybridized carbons (Fsp3) is 0.333. The summed E-state index contributed by atoms with van der Waals surface area (Å²) in [5, 5.41) is 1.18. The number of nitrogens with zero attached hydrogens (tertiary/aromatic N) is 1. The normalized spacial score (nSPS) is 20.3. The molecular weight excluding hydrogens is 541 g/mol. The molecule has 3 aromatic carbocycles. The van der Waals surface area contributed by atoms with E-state index in [1.165, 1.54) is 12.7 Å². The molecule has 0 bridgehead atoms. The Balaban J connectivity index is 1.73. The van der Waals surface area contributed by atoms with Crippen LogP contribution < -0.4 is 0 Å². The molecule has 3 aromatic rings. The first-order chi connectivity index (χ1) is 18.4. The van der Waals surface area contributed by atoms with Crippen molar-refractivity contribution >= 4 is 46.8 Å². The van der Waals surface area contributed by atoms with Gasteiger partial charge in [0.1, 0.15) is 12.2 Å². The number of hydrogen-bond acceptors (Lipinski definition) is 5. The van der Waals surface area contributed by atoms with Crippen molar-refractivity contribution in [3.8, 4) is 0 Å². The number of morpholine rings is 1. The van der Waals surface area contributed by atoms with Gasteiger partial charge in [0.25, 0.3) is 5.91 Å². The summed E-state index contributed by atoms with van der Waals surface area (Å²) in [6.07, 6.45) is -0.937. The van der Waals surface area contributed by atoms with Gasteiger partial charge in [0.15, 0.2) is 0 Å². The van der Waals surface area contributed by atoms with Crippen molar-refractivity contribution in [1.29, 1.82) is 0 Å². The molecule has 1 aliphatic heterocycles. The fourth-order valence-electron chi connectivity index (χ4n) is 4.76. The van der Waals surface area contributed by atoms with Crippen molar-refractivity contribution in [2.24, 2.45) is 0 Å². The molecule has 0 aliphatic carbocycles. The van der Waals surface area contributed by atoms with Crippen LogP contribution in [-0.2, 0) is 24.8 Å². The monoisotopic (exact) mass is 571 g/mol. The van der Waals surface area contributed by atoms with Crippen LogP contribution in [0, 0.1) is 0 Å². The molecule has 1 saturated heterocycles. The van der Waals surface area contributed by atoms with Crippen molar-refractivity contribution in [1.82, 2.24) is 4.90 Å². The molecule has 8 heteroatoms. The highest BCUT2D eigenvalue weighted by Gasteiger charge is 2.47. The van der Waals surface area contributed by atoms with Crippen LogP contribution in [0.4, 0.5) is 0 Å². The lowest BCUT2D eigenvalue weighted by Crippen LogP contribution is -2.55. The number of benzene rings is 3. The Hall–Kier alpha value is -2.51. The van der Waals surface area contributed by atoms with Gasteiger partial charge in [-0.1, -0.05) is 84.7 Å². The summed E-state index contributed by atoms with van der Waals surface area (Å²) in [5.41, 5.74) is 2.96. The highest BCUT2D eigenvalue weighted by Crippen LogP contribution is 2.45. The van der Waals surface area contributed by atoms with E-state index in [0.717, 1.165) is 29.1 Å². The summed E-state index contributed by atoms with van der Waals surface area (Å²) in [5.74, 6) is 0.851. The number of rotatable bonds is 10. The Labute approximate surface area is 238 Å². The predicted molar refractivity (Wildman–Crippen MR) is 153 cm³/mol. The van der Waals surface area contributed by atoms with E-state index in [4.69, 9.17) is 32.7 Å². The van der Waals surface area contributed by atoms with Crippen LogP contribution in [0.1, 0.15) is 48.6 Å². The molecule has 1 aliphatic rings. The third-order valence-electron chi connectivity index (χ3n) is 6.68. The summed E-state index contributed by atoms with van der Waals surface area (Å²) >= 11 is 14.4. The average molecular weight is 573 g/mol. The Bertz CT molecular complexity index is 1220. The minimum Gasteiger partial charge on any atom is -0.469 e. The van der Waals surface area contributed by atoms with E-state index in [9.17, 15) is 9.59 Å². The first kappa shape index (κ1) is 28.5. The first-order valence-corrected chi connectivity index (χ1v) is 14.5. The first-order valence-electron chi connectivity index (χ1n) is 12.6. The number of esters is 1. The Morgan fingerprint density at radius 2 is 1.74 bits per heavy atom. The lowest BCUT2D eigenvalue weighted by molar-refractivity contribution is -0.183. The standard InChI is InChI=1S/C30H31Cl2NO4S/c1-3-25(19-38-18-20-8-5-4-6-9-20)33-28(21-12-14-23(31)15-13-21)29(22-10-7-11-24(32)16-22)37-26(30(33)35)17-27(34)36-2/h4-16,25-26,28-29H,3,17-19H2,1-2H3/t25-,26-,28?,29+/m0/s1. The summed E-state index contributed by atoms with van der Waals surface area (Å²) in [4.78, 5) is 28.2. The molecule has 4 atom stereocenters. The predicted octanol–water partition coefficient (Wildman–Crippen LogP) is 7.28. The van der Waals surface area contributed by atoms with E-state index < -0.39 is 24.2 Å². The molecule has 200 valence electrons. The molecule has 0 radical (unpaired) electrons. The Morgan fingerprint density at radius 3 is 2.39 bits per heavy atom. The largest absolute Gasteiger partial charge is 0.469 e. The lowest BCUT2D eigenvalue weighted by Gasteiger charge is -2.48. The van der Waals surface area contributed by atoms with Gasteiger partial charge >= 0.3 is 5.97 Å². The Morgan fingerprint density at radius 1 is 1.00 bits per heavy atom. The zero-order chi connectivity index (χ0) is 27.1. The topological polar surface area (TPSA) is 55.8 Å². The van der Waals surface area contributed by atoms with E-state index in [0.29, 0.717) is 10.0 Å². The minimum absolute atomic E-state index is 0.0948. The zero-order valence-corrected chi connectivity index (χ0v) is 23.7. The van der Waals surface area contributed by atoms with Gasteiger partial charge in [-0.3, -0.25) is 9.59 Å². The minimum atomic E-state index is -0.969. The SMILES string of the molecule is CC[C@@H](CSCc1ccccc1)N1C(=O)[C@H](CC(=O)OC)O[C@H](c2cccc(Cl)c2)C1c1ccc(Cl)cc1. The fourth-order valence-corrected chi connectivity index (χ4v) is 6.30. The highest BCUT2D eigenvalue weighted by molar-refractivity contribution is 7.98. The average Bonchev–Trinajstić information content (AvgIpc) is 2.93. The zero-order valence-electron chi connectivity index (χ0n) is 21.4. The van der Waals surface area contributed by atoms with Gasteiger partial charge in [0.2, 0.25) is 0 Å². The molecule has 5 nitrogen and oxygen atoms in total. The Kier molecular flexibility index (Phi) is 10.1. The van der Waals surface area contributed by atoms with Gasteiger partial charge in [-0.2, -0.15) is 11.8 Å². The van der Waals surface area contributed by atoms with Gasteiger partial charge in [-0.05, 0) is 47.4 Å². The second kappa shape index (κ2) is 13.5. The number of methoxy groups -OCH3 is 1. The maximum Gasteiger partial charge on any atom is 0.308 e. The molecule has 1 heterocycles. The van der Waals surface area contributed by atoms with Crippen LogP contribution in [0.5, 0.6) is 0 Å². The van der Waals surface area contributed by atoms with Crippen LogP contribution in [-0.4, -0.2) is 41.8 Å². The van der Waals surface area contributed by atoms with E-state index in [1.54, 1.807) is 17.8 Å². The number of ether oxygens (including phenoxy) is 2. The van der Waals surface area contributed by atoms with Crippen LogP contribution in [0.15, 0.2) is 78.9 Å². The molecule has 0 spiro atoms. The maximum absolute atomic E-state index is 14.0. The molecule has 1 fully saturated rings. The number of thioether (sulfide) groups is 1.